The van der Waals surface area contributed by atoms with E-state index in [0.717, 1.165) is 0 Å². The van der Waals surface area contributed by atoms with E-state index in [2.05, 4.69) is 20.3 Å². The highest BCUT2D eigenvalue weighted by Gasteiger charge is 2.29. The summed E-state index contributed by atoms with van der Waals surface area (Å²) in [5, 5.41) is 8.46. The molecular weight excluding hydrogens is 468 g/mol. The number of nitrogens with zero attached hydrogens (tertiary/aromatic N) is 2. The van der Waals surface area contributed by atoms with Crippen molar-refractivity contribution >= 4 is 33.6 Å². The molecule has 2 aromatic rings. The Balaban J connectivity index is 1.64. The van der Waals surface area contributed by atoms with Gasteiger partial charge in [0, 0.05) is 24.7 Å². The Morgan fingerprint density at radius 3 is 2.56 bits per heavy atom. The average molecular weight is 495 g/mol. The lowest BCUT2D eigenvalue weighted by atomic mass is 10.0. The highest BCUT2D eigenvalue weighted by molar-refractivity contribution is 7.89. The maximum atomic E-state index is 12.9. The van der Waals surface area contributed by atoms with Gasteiger partial charge in [0.05, 0.1) is 18.1 Å². The third-order valence-electron chi connectivity index (χ3n) is 4.96. The molecule has 2 heterocycles. The van der Waals surface area contributed by atoms with Crippen LogP contribution in [0.4, 0.5) is 5.82 Å². The van der Waals surface area contributed by atoms with Crippen LogP contribution < -0.4 is 10.6 Å². The molecule has 13 heteroatoms. The second-order valence-electron chi connectivity index (χ2n) is 7.78. The molecule has 12 nitrogen and oxygen atoms in total. The van der Waals surface area contributed by atoms with Gasteiger partial charge in [-0.25, -0.2) is 13.2 Å². The number of ether oxygens (including phenoxy) is 2. The van der Waals surface area contributed by atoms with Crippen LogP contribution in [0.3, 0.4) is 0 Å². The summed E-state index contributed by atoms with van der Waals surface area (Å²) in [6, 6.07) is 5.93. The molecular formula is C21H26N4O8S. The maximum Gasteiger partial charge on any atom is 0.329 e. The van der Waals surface area contributed by atoms with Crippen molar-refractivity contribution in [1.29, 1.82) is 0 Å². The van der Waals surface area contributed by atoms with Crippen LogP contribution in [0.2, 0.25) is 0 Å². The molecule has 1 aromatic carbocycles. The minimum absolute atomic E-state index is 0.0322. The molecule has 2 N–H and O–H groups in total. The van der Waals surface area contributed by atoms with Crippen LogP contribution >= 0.6 is 0 Å². The molecule has 1 saturated heterocycles. The fourth-order valence-electron chi connectivity index (χ4n) is 3.14. The Kier molecular flexibility index (Phi) is 8.36. The van der Waals surface area contributed by atoms with Gasteiger partial charge in [0.1, 0.15) is 12.3 Å². The Labute approximate surface area is 196 Å². The fraction of sp³-hybridized carbons (Fsp3) is 0.429. The smallest absolute Gasteiger partial charge is 0.329 e. The van der Waals surface area contributed by atoms with E-state index in [1.54, 1.807) is 13.8 Å². The van der Waals surface area contributed by atoms with Crippen molar-refractivity contribution in [3.63, 3.8) is 0 Å². The van der Waals surface area contributed by atoms with Gasteiger partial charge in [0.2, 0.25) is 10.0 Å². The molecule has 2 amide bonds. The third-order valence-corrected chi connectivity index (χ3v) is 6.86. The first-order valence-electron chi connectivity index (χ1n) is 10.5. The van der Waals surface area contributed by atoms with E-state index in [1.165, 1.54) is 40.9 Å². The number of nitrogens with one attached hydrogen (secondary N) is 2. The molecule has 184 valence electrons. The predicted molar refractivity (Wildman–Crippen MR) is 118 cm³/mol. The van der Waals surface area contributed by atoms with E-state index in [1.807, 2.05) is 0 Å². The number of sulfonamides is 1. The first-order chi connectivity index (χ1) is 16.2. The number of carbonyl (C=O) groups excluding carboxylic acids is 3. The van der Waals surface area contributed by atoms with E-state index >= 15 is 0 Å². The van der Waals surface area contributed by atoms with Crippen molar-refractivity contribution in [1.82, 2.24) is 14.8 Å². The van der Waals surface area contributed by atoms with Gasteiger partial charge in [0.15, 0.2) is 12.4 Å². The van der Waals surface area contributed by atoms with Crippen molar-refractivity contribution in [3.05, 3.63) is 42.2 Å². The minimum Gasteiger partial charge on any atom is -0.454 e. The van der Waals surface area contributed by atoms with Gasteiger partial charge in [-0.2, -0.15) is 4.31 Å². The van der Waals surface area contributed by atoms with Crippen molar-refractivity contribution in [2.75, 3.05) is 38.2 Å². The zero-order valence-corrected chi connectivity index (χ0v) is 19.5. The summed E-state index contributed by atoms with van der Waals surface area (Å²) in [6.45, 7) is 3.86. The maximum absolute atomic E-state index is 12.9. The van der Waals surface area contributed by atoms with Crippen molar-refractivity contribution in [2.24, 2.45) is 5.92 Å². The summed E-state index contributed by atoms with van der Waals surface area (Å²) < 4.78 is 41.9. The number of carbonyl (C=O) groups is 3. The molecule has 1 aliphatic rings. The first kappa shape index (κ1) is 25.3. The highest BCUT2D eigenvalue weighted by atomic mass is 32.2. The summed E-state index contributed by atoms with van der Waals surface area (Å²) in [7, 11) is -3.79. The zero-order valence-electron chi connectivity index (χ0n) is 18.7. The average Bonchev–Trinajstić information content (AvgIpc) is 3.34. The standard InChI is InChI=1S/C21H26N4O8S/c1-14(2)19(21(28)32-13-18(26)22-17-6-9-33-24-17)23-20(27)15-4-3-5-16(12-15)34(29,30)25-7-10-31-11-8-25/h3-6,9,12,14,19H,7-8,10-11,13H2,1-2H3,(H,23,27)(H,22,24,26)/t19-/m0/s1. The highest BCUT2D eigenvalue weighted by Crippen LogP contribution is 2.19. The number of esters is 1. The summed E-state index contributed by atoms with van der Waals surface area (Å²) >= 11 is 0. The Morgan fingerprint density at radius 1 is 1.18 bits per heavy atom. The number of aromatic nitrogens is 1. The normalized spacial score (nSPS) is 15.5. The Hall–Kier alpha value is -3.29. The summed E-state index contributed by atoms with van der Waals surface area (Å²) in [5.41, 5.74) is 0.0663. The molecule has 0 saturated carbocycles. The molecule has 1 fully saturated rings. The number of rotatable bonds is 9. The molecule has 0 radical (unpaired) electrons. The molecule has 0 aliphatic carbocycles. The lowest BCUT2D eigenvalue weighted by Gasteiger charge is -2.26. The topological polar surface area (TPSA) is 157 Å². The molecule has 1 aliphatic heterocycles. The van der Waals surface area contributed by atoms with E-state index in [-0.39, 0.29) is 35.3 Å². The van der Waals surface area contributed by atoms with Crippen LogP contribution in [0.5, 0.6) is 0 Å². The predicted octanol–water partition coefficient (Wildman–Crippen LogP) is 0.632. The molecule has 3 rings (SSSR count). The van der Waals surface area contributed by atoms with E-state index in [4.69, 9.17) is 9.47 Å². The minimum atomic E-state index is -3.79. The van der Waals surface area contributed by atoms with Gasteiger partial charge in [-0.3, -0.25) is 9.59 Å². The zero-order chi connectivity index (χ0) is 24.7. The van der Waals surface area contributed by atoms with E-state index in [9.17, 15) is 22.8 Å². The van der Waals surface area contributed by atoms with Crippen LogP contribution in [-0.4, -0.2) is 74.6 Å². The lowest BCUT2D eigenvalue weighted by Crippen LogP contribution is -2.46. The molecule has 34 heavy (non-hydrogen) atoms. The van der Waals surface area contributed by atoms with Gasteiger partial charge in [0.25, 0.3) is 11.8 Å². The summed E-state index contributed by atoms with van der Waals surface area (Å²) in [4.78, 5) is 37.2. The van der Waals surface area contributed by atoms with Gasteiger partial charge < -0.3 is 24.6 Å². The van der Waals surface area contributed by atoms with Crippen molar-refractivity contribution in [3.8, 4) is 0 Å². The fourth-order valence-corrected chi connectivity index (χ4v) is 4.59. The van der Waals surface area contributed by atoms with Crippen LogP contribution in [0.15, 0.2) is 46.0 Å². The second kappa shape index (κ2) is 11.2. The number of benzene rings is 1. The Bertz CT molecular complexity index is 1110. The van der Waals surface area contributed by atoms with Crippen molar-refractivity contribution in [2.45, 2.75) is 24.8 Å². The largest absolute Gasteiger partial charge is 0.454 e. The van der Waals surface area contributed by atoms with Gasteiger partial charge >= 0.3 is 5.97 Å². The molecule has 0 bridgehead atoms. The number of anilines is 1. The van der Waals surface area contributed by atoms with Crippen LogP contribution in [-0.2, 0) is 29.1 Å². The third kappa shape index (κ3) is 6.40. The van der Waals surface area contributed by atoms with Gasteiger partial charge in [-0.1, -0.05) is 25.1 Å². The van der Waals surface area contributed by atoms with Crippen molar-refractivity contribution < 1.29 is 36.8 Å². The lowest BCUT2D eigenvalue weighted by molar-refractivity contribution is -0.150. The van der Waals surface area contributed by atoms with Gasteiger partial charge in [-0.05, 0) is 24.1 Å². The number of morpholine rings is 1. The van der Waals surface area contributed by atoms with Crippen LogP contribution in [0.1, 0.15) is 24.2 Å². The summed E-state index contributed by atoms with van der Waals surface area (Å²) in [6.07, 6.45) is 1.27. The Morgan fingerprint density at radius 2 is 1.91 bits per heavy atom. The summed E-state index contributed by atoms with van der Waals surface area (Å²) in [5.74, 6) is -2.29. The molecule has 1 atom stereocenters. The SMILES string of the molecule is CC(C)[C@H](NC(=O)c1cccc(S(=O)(=O)N2CCOCC2)c1)C(=O)OCC(=O)Nc1ccon1. The molecule has 1 aromatic heterocycles. The number of hydrogen-bond acceptors (Lipinski definition) is 9. The molecule has 0 spiro atoms. The van der Waals surface area contributed by atoms with Crippen LogP contribution in [0, 0.1) is 5.92 Å². The monoisotopic (exact) mass is 494 g/mol. The van der Waals surface area contributed by atoms with E-state index < -0.39 is 40.5 Å². The molecule has 0 unspecified atom stereocenters. The quantitative estimate of drug-likeness (QED) is 0.477. The van der Waals surface area contributed by atoms with Crippen LogP contribution in [0.25, 0.3) is 0 Å². The number of hydrogen-bond donors (Lipinski definition) is 2. The van der Waals surface area contributed by atoms with Gasteiger partial charge in [-0.15, -0.1) is 0 Å². The second-order valence-corrected chi connectivity index (χ2v) is 9.72. The number of amides is 2. The first-order valence-corrected chi connectivity index (χ1v) is 12.0. The van der Waals surface area contributed by atoms with E-state index in [0.29, 0.717) is 13.2 Å².